The highest BCUT2D eigenvalue weighted by Gasteiger charge is 2.30. The second-order valence-corrected chi connectivity index (χ2v) is 4.38. The van der Waals surface area contributed by atoms with E-state index in [1.54, 1.807) is 6.07 Å². The van der Waals surface area contributed by atoms with E-state index in [1.807, 2.05) is 0 Å². The van der Waals surface area contributed by atoms with E-state index in [9.17, 15) is 13.2 Å². The molecule has 0 bridgehead atoms. The van der Waals surface area contributed by atoms with Gasteiger partial charge in [-0.2, -0.15) is 18.2 Å². The van der Waals surface area contributed by atoms with Gasteiger partial charge in [-0.05, 0) is 11.6 Å². The number of hydrogen-bond acceptors (Lipinski definition) is 5. The third kappa shape index (κ3) is 3.79. The highest BCUT2D eigenvalue weighted by Crippen LogP contribution is 2.29. The summed E-state index contributed by atoms with van der Waals surface area (Å²) >= 11 is 0. The van der Waals surface area contributed by atoms with Gasteiger partial charge in [-0.3, -0.25) is 0 Å². The van der Waals surface area contributed by atoms with Crippen LogP contribution in [0.3, 0.4) is 0 Å². The van der Waals surface area contributed by atoms with Crippen molar-refractivity contribution in [2.24, 2.45) is 5.73 Å². The van der Waals surface area contributed by atoms with E-state index in [4.69, 9.17) is 15.0 Å². The van der Waals surface area contributed by atoms with Crippen molar-refractivity contribution in [3.05, 3.63) is 47.1 Å². The van der Waals surface area contributed by atoms with Gasteiger partial charge in [0, 0.05) is 20.1 Å². The van der Waals surface area contributed by atoms with Crippen LogP contribution in [0.5, 0.6) is 0 Å². The standard InChI is InChI=1S/C13H14F3N3O2/c1-20-10(7-17)12-18-11(19-21-12)6-8-3-2-4-9(5-8)13(14,15)16/h2-5,10H,6-7,17H2,1H3. The van der Waals surface area contributed by atoms with Crippen molar-refractivity contribution in [2.75, 3.05) is 13.7 Å². The maximum atomic E-state index is 12.6. The lowest BCUT2D eigenvalue weighted by atomic mass is 10.1. The van der Waals surface area contributed by atoms with Crippen LogP contribution in [0.2, 0.25) is 0 Å². The number of aromatic nitrogens is 2. The molecule has 1 heterocycles. The van der Waals surface area contributed by atoms with Gasteiger partial charge in [-0.15, -0.1) is 0 Å². The van der Waals surface area contributed by atoms with Crippen LogP contribution in [0, 0.1) is 0 Å². The van der Waals surface area contributed by atoms with Gasteiger partial charge >= 0.3 is 6.18 Å². The van der Waals surface area contributed by atoms with Crippen LogP contribution in [-0.4, -0.2) is 23.8 Å². The van der Waals surface area contributed by atoms with Gasteiger partial charge in [0.2, 0.25) is 0 Å². The molecule has 0 saturated carbocycles. The first-order chi connectivity index (χ1) is 9.94. The number of benzene rings is 1. The molecule has 114 valence electrons. The van der Waals surface area contributed by atoms with Gasteiger partial charge in [-0.1, -0.05) is 23.4 Å². The Morgan fingerprint density at radius 3 is 2.76 bits per heavy atom. The second kappa shape index (κ2) is 6.23. The number of nitrogens with zero attached hydrogens (tertiary/aromatic N) is 2. The fraction of sp³-hybridized carbons (Fsp3) is 0.385. The molecule has 0 aliphatic carbocycles. The van der Waals surface area contributed by atoms with E-state index < -0.39 is 17.8 Å². The molecule has 0 spiro atoms. The van der Waals surface area contributed by atoms with Crippen molar-refractivity contribution in [3.63, 3.8) is 0 Å². The molecule has 2 N–H and O–H groups in total. The van der Waals surface area contributed by atoms with Crippen molar-refractivity contribution < 1.29 is 22.4 Å². The molecule has 0 saturated heterocycles. The first-order valence-electron chi connectivity index (χ1n) is 6.15. The van der Waals surface area contributed by atoms with Crippen molar-refractivity contribution in [1.82, 2.24) is 10.1 Å². The van der Waals surface area contributed by atoms with Crippen LogP contribution < -0.4 is 5.73 Å². The summed E-state index contributed by atoms with van der Waals surface area (Å²) in [7, 11) is 1.45. The summed E-state index contributed by atoms with van der Waals surface area (Å²) in [6, 6.07) is 4.99. The van der Waals surface area contributed by atoms with E-state index in [0.29, 0.717) is 5.56 Å². The number of rotatable bonds is 5. The lowest BCUT2D eigenvalue weighted by Gasteiger charge is -2.07. The van der Waals surface area contributed by atoms with E-state index in [2.05, 4.69) is 10.1 Å². The Morgan fingerprint density at radius 2 is 2.14 bits per heavy atom. The summed E-state index contributed by atoms with van der Waals surface area (Å²) in [5.41, 5.74) is 5.20. The van der Waals surface area contributed by atoms with Crippen molar-refractivity contribution in [2.45, 2.75) is 18.7 Å². The summed E-state index contributed by atoms with van der Waals surface area (Å²) in [5.74, 6) is 0.488. The average molecular weight is 301 g/mol. The van der Waals surface area contributed by atoms with Gasteiger partial charge in [0.05, 0.1) is 5.56 Å². The predicted molar refractivity (Wildman–Crippen MR) is 67.4 cm³/mol. The Kier molecular flexibility index (Phi) is 4.59. The Labute approximate surface area is 118 Å². The van der Waals surface area contributed by atoms with E-state index >= 15 is 0 Å². The monoisotopic (exact) mass is 301 g/mol. The second-order valence-electron chi connectivity index (χ2n) is 4.38. The van der Waals surface area contributed by atoms with Gasteiger partial charge in [-0.25, -0.2) is 0 Å². The summed E-state index contributed by atoms with van der Waals surface area (Å²) in [4.78, 5) is 4.08. The predicted octanol–water partition coefficient (Wildman–Crippen LogP) is 2.33. The highest BCUT2D eigenvalue weighted by molar-refractivity contribution is 5.27. The number of ether oxygens (including phenoxy) is 1. The molecule has 0 radical (unpaired) electrons. The van der Waals surface area contributed by atoms with Crippen LogP contribution in [0.1, 0.15) is 28.9 Å². The van der Waals surface area contributed by atoms with Crippen LogP contribution in [0.15, 0.2) is 28.8 Å². The molecule has 1 aromatic carbocycles. The molecule has 1 unspecified atom stereocenters. The van der Waals surface area contributed by atoms with Gasteiger partial charge < -0.3 is 15.0 Å². The third-order valence-corrected chi connectivity index (χ3v) is 2.87. The molecule has 2 aromatic rings. The Morgan fingerprint density at radius 1 is 1.38 bits per heavy atom. The lowest BCUT2D eigenvalue weighted by molar-refractivity contribution is -0.137. The zero-order valence-electron chi connectivity index (χ0n) is 11.2. The molecular formula is C13H14F3N3O2. The molecule has 0 fully saturated rings. The summed E-state index contributed by atoms with van der Waals surface area (Å²) in [6.07, 6.45) is -4.76. The van der Waals surface area contributed by atoms with Crippen molar-refractivity contribution >= 4 is 0 Å². The van der Waals surface area contributed by atoms with Crippen LogP contribution in [0.4, 0.5) is 13.2 Å². The van der Waals surface area contributed by atoms with Crippen molar-refractivity contribution in [3.8, 4) is 0 Å². The minimum absolute atomic E-state index is 0.133. The first kappa shape index (κ1) is 15.5. The number of hydrogen-bond donors (Lipinski definition) is 1. The first-order valence-corrected chi connectivity index (χ1v) is 6.15. The average Bonchev–Trinajstić information content (AvgIpc) is 2.88. The molecular weight excluding hydrogens is 287 g/mol. The Hall–Kier alpha value is -1.93. The normalized spacial score (nSPS) is 13.4. The van der Waals surface area contributed by atoms with Crippen LogP contribution in [0.25, 0.3) is 0 Å². The maximum absolute atomic E-state index is 12.6. The molecule has 21 heavy (non-hydrogen) atoms. The molecule has 1 aromatic heterocycles. The van der Waals surface area contributed by atoms with Gasteiger partial charge in [0.25, 0.3) is 5.89 Å². The topological polar surface area (TPSA) is 74.2 Å². The van der Waals surface area contributed by atoms with E-state index in [1.165, 1.54) is 13.2 Å². The zero-order valence-corrected chi connectivity index (χ0v) is 11.2. The zero-order chi connectivity index (χ0) is 15.5. The molecule has 5 nitrogen and oxygen atoms in total. The summed E-state index contributed by atoms with van der Waals surface area (Å²) < 4.78 is 47.9. The Bertz CT molecular complexity index is 594. The summed E-state index contributed by atoms with van der Waals surface area (Å²) in [6.45, 7) is 0.168. The molecule has 1 atom stereocenters. The van der Waals surface area contributed by atoms with Crippen LogP contribution in [-0.2, 0) is 17.3 Å². The number of halogens is 3. The molecule has 0 aliphatic rings. The minimum Gasteiger partial charge on any atom is -0.370 e. The number of methoxy groups -OCH3 is 1. The minimum atomic E-state index is -4.38. The number of alkyl halides is 3. The fourth-order valence-electron chi connectivity index (χ4n) is 1.81. The highest BCUT2D eigenvalue weighted by atomic mass is 19.4. The molecule has 0 amide bonds. The lowest BCUT2D eigenvalue weighted by Crippen LogP contribution is -2.14. The Balaban J connectivity index is 2.15. The molecule has 2 rings (SSSR count). The largest absolute Gasteiger partial charge is 0.416 e. The van der Waals surface area contributed by atoms with Crippen LogP contribution >= 0.6 is 0 Å². The third-order valence-electron chi connectivity index (χ3n) is 2.87. The van der Waals surface area contributed by atoms with Gasteiger partial charge in [0.15, 0.2) is 5.82 Å². The summed E-state index contributed by atoms with van der Waals surface area (Å²) in [5, 5.41) is 3.72. The van der Waals surface area contributed by atoms with E-state index in [-0.39, 0.29) is 24.7 Å². The molecule has 8 heteroatoms. The van der Waals surface area contributed by atoms with E-state index in [0.717, 1.165) is 12.1 Å². The van der Waals surface area contributed by atoms with Gasteiger partial charge in [0.1, 0.15) is 6.10 Å². The fourth-order valence-corrected chi connectivity index (χ4v) is 1.81. The quantitative estimate of drug-likeness (QED) is 0.917. The molecule has 0 aliphatic heterocycles. The maximum Gasteiger partial charge on any atom is 0.416 e. The van der Waals surface area contributed by atoms with Crippen molar-refractivity contribution in [1.29, 1.82) is 0 Å². The SMILES string of the molecule is COC(CN)c1nc(Cc2cccc(C(F)(F)F)c2)no1. The number of nitrogens with two attached hydrogens (primary N) is 1. The smallest absolute Gasteiger partial charge is 0.370 e.